The number of aromatic nitrogens is 2. The lowest BCUT2D eigenvalue weighted by Crippen LogP contribution is -2.45. The summed E-state index contributed by atoms with van der Waals surface area (Å²) in [4.78, 5) is 19.0. The van der Waals surface area contributed by atoms with Crippen molar-refractivity contribution in [1.29, 1.82) is 0 Å². The third-order valence-corrected chi connectivity index (χ3v) is 4.85. The minimum Gasteiger partial charge on any atom is -0.331 e. The maximum absolute atomic E-state index is 13.0. The van der Waals surface area contributed by atoms with Crippen LogP contribution in [0.5, 0.6) is 0 Å². The minimum absolute atomic E-state index is 0.111. The number of carbonyl (C=O) groups is 1. The van der Waals surface area contributed by atoms with Crippen molar-refractivity contribution in [2.24, 2.45) is 5.92 Å². The van der Waals surface area contributed by atoms with Crippen LogP contribution in [0.3, 0.4) is 0 Å². The summed E-state index contributed by atoms with van der Waals surface area (Å²) in [5.74, 6) is 0.343. The predicted octanol–water partition coefficient (Wildman–Crippen LogP) is 2.91. The molecule has 1 amide bonds. The fourth-order valence-electron chi connectivity index (χ4n) is 3.41. The normalized spacial score (nSPS) is 21.6. The highest BCUT2D eigenvalue weighted by molar-refractivity contribution is 5.82. The van der Waals surface area contributed by atoms with Gasteiger partial charge < -0.3 is 9.47 Å². The molecule has 0 spiro atoms. The van der Waals surface area contributed by atoms with E-state index in [1.54, 1.807) is 18.5 Å². The molecule has 1 aromatic heterocycles. The van der Waals surface area contributed by atoms with Crippen LogP contribution in [0.2, 0.25) is 0 Å². The molecule has 1 saturated carbocycles. The van der Waals surface area contributed by atoms with E-state index in [-0.39, 0.29) is 17.8 Å². The Morgan fingerprint density at radius 2 is 2.00 bits per heavy atom. The molecule has 2 aromatic rings. The number of nitrogens with zero attached hydrogens (tertiary/aromatic N) is 3. The topological polar surface area (TPSA) is 38.1 Å². The summed E-state index contributed by atoms with van der Waals surface area (Å²) in [6, 6.07) is 6.26. The Balaban J connectivity index is 1.61. The molecule has 1 fully saturated rings. The van der Waals surface area contributed by atoms with Gasteiger partial charge in [0.1, 0.15) is 11.9 Å². The van der Waals surface area contributed by atoms with E-state index in [4.69, 9.17) is 0 Å². The first kappa shape index (κ1) is 13.5. The van der Waals surface area contributed by atoms with Crippen molar-refractivity contribution in [2.45, 2.75) is 38.4 Å². The second-order valence-corrected chi connectivity index (χ2v) is 6.25. The zero-order valence-corrected chi connectivity index (χ0v) is 12.3. The van der Waals surface area contributed by atoms with Crippen LogP contribution in [0.1, 0.15) is 36.6 Å². The molecule has 2 aliphatic rings. The van der Waals surface area contributed by atoms with Crippen molar-refractivity contribution >= 4 is 5.91 Å². The first-order chi connectivity index (χ1) is 10.7. The molecular weight excluding hydrogens is 281 g/mol. The molecule has 1 atom stereocenters. The van der Waals surface area contributed by atoms with Gasteiger partial charge in [-0.25, -0.2) is 9.37 Å². The number of fused-ring (bicyclic) bond motifs is 1. The number of benzene rings is 1. The lowest BCUT2D eigenvalue weighted by molar-refractivity contribution is -0.141. The molecule has 1 aliphatic heterocycles. The van der Waals surface area contributed by atoms with Crippen LogP contribution in [0, 0.1) is 11.7 Å². The van der Waals surface area contributed by atoms with Crippen molar-refractivity contribution in [2.75, 3.05) is 0 Å². The van der Waals surface area contributed by atoms with Gasteiger partial charge in [-0.3, -0.25) is 4.79 Å². The van der Waals surface area contributed by atoms with Gasteiger partial charge in [0.2, 0.25) is 5.91 Å². The van der Waals surface area contributed by atoms with Gasteiger partial charge in [0.25, 0.3) is 0 Å². The molecule has 1 unspecified atom stereocenters. The Morgan fingerprint density at radius 1 is 1.23 bits per heavy atom. The zero-order chi connectivity index (χ0) is 15.1. The molecule has 4 rings (SSSR count). The molecule has 1 aliphatic carbocycles. The van der Waals surface area contributed by atoms with Crippen LogP contribution >= 0.6 is 0 Å². The average Bonchev–Trinajstić information content (AvgIpc) is 2.91. The number of hydrogen-bond acceptors (Lipinski definition) is 2. The van der Waals surface area contributed by atoms with E-state index in [1.807, 2.05) is 15.7 Å². The van der Waals surface area contributed by atoms with E-state index in [9.17, 15) is 9.18 Å². The summed E-state index contributed by atoms with van der Waals surface area (Å²) >= 11 is 0. The Bertz CT molecular complexity index is 690. The fraction of sp³-hybridized carbons (Fsp3) is 0.412. The molecule has 0 N–H and O–H groups in total. The average molecular weight is 299 g/mol. The summed E-state index contributed by atoms with van der Waals surface area (Å²) in [7, 11) is 0. The SMILES string of the molecule is O=C1C(C2CCC2)n2cncc2CN1Cc1ccc(F)cc1. The molecule has 2 heterocycles. The van der Waals surface area contributed by atoms with E-state index in [0.717, 1.165) is 24.1 Å². The highest BCUT2D eigenvalue weighted by Crippen LogP contribution is 2.40. The summed E-state index contributed by atoms with van der Waals surface area (Å²) in [5, 5.41) is 0. The first-order valence-corrected chi connectivity index (χ1v) is 7.76. The van der Waals surface area contributed by atoms with Crippen molar-refractivity contribution in [3.8, 4) is 0 Å². The number of amides is 1. The van der Waals surface area contributed by atoms with Crippen LogP contribution in [-0.4, -0.2) is 20.4 Å². The van der Waals surface area contributed by atoms with Crippen molar-refractivity contribution in [1.82, 2.24) is 14.5 Å². The van der Waals surface area contributed by atoms with Gasteiger partial charge in [-0.1, -0.05) is 18.6 Å². The molecule has 0 saturated heterocycles. The smallest absolute Gasteiger partial charge is 0.246 e. The monoisotopic (exact) mass is 299 g/mol. The molecule has 5 heteroatoms. The third-order valence-electron chi connectivity index (χ3n) is 4.85. The van der Waals surface area contributed by atoms with E-state index in [2.05, 4.69) is 4.98 Å². The number of halogens is 1. The van der Waals surface area contributed by atoms with E-state index >= 15 is 0 Å². The third kappa shape index (κ3) is 2.21. The van der Waals surface area contributed by atoms with Crippen LogP contribution in [0.25, 0.3) is 0 Å². The maximum Gasteiger partial charge on any atom is 0.246 e. The second kappa shape index (κ2) is 5.23. The molecule has 0 bridgehead atoms. The van der Waals surface area contributed by atoms with E-state index < -0.39 is 0 Å². The number of imidazole rings is 1. The van der Waals surface area contributed by atoms with Crippen LogP contribution in [0.4, 0.5) is 4.39 Å². The van der Waals surface area contributed by atoms with Crippen LogP contribution in [0.15, 0.2) is 36.8 Å². The van der Waals surface area contributed by atoms with Gasteiger partial charge >= 0.3 is 0 Å². The molecule has 22 heavy (non-hydrogen) atoms. The van der Waals surface area contributed by atoms with Gasteiger partial charge in [0, 0.05) is 12.7 Å². The quantitative estimate of drug-likeness (QED) is 0.874. The molecule has 0 radical (unpaired) electrons. The van der Waals surface area contributed by atoms with Crippen molar-refractivity contribution < 1.29 is 9.18 Å². The summed E-state index contributed by atoms with van der Waals surface area (Å²) in [6.07, 6.45) is 7.05. The van der Waals surface area contributed by atoms with Crippen LogP contribution < -0.4 is 0 Å². The largest absolute Gasteiger partial charge is 0.331 e. The lowest BCUT2D eigenvalue weighted by Gasteiger charge is -2.41. The first-order valence-electron chi connectivity index (χ1n) is 7.76. The summed E-state index contributed by atoms with van der Waals surface area (Å²) in [5.41, 5.74) is 2.04. The summed E-state index contributed by atoms with van der Waals surface area (Å²) < 4.78 is 15.1. The van der Waals surface area contributed by atoms with Crippen LogP contribution in [-0.2, 0) is 17.9 Å². The van der Waals surface area contributed by atoms with Gasteiger partial charge in [-0.05, 0) is 36.5 Å². The minimum atomic E-state index is -0.251. The zero-order valence-electron chi connectivity index (χ0n) is 12.3. The Morgan fingerprint density at radius 3 is 2.68 bits per heavy atom. The number of rotatable bonds is 3. The highest BCUT2D eigenvalue weighted by Gasteiger charge is 2.40. The molecule has 114 valence electrons. The van der Waals surface area contributed by atoms with Gasteiger partial charge in [-0.2, -0.15) is 0 Å². The van der Waals surface area contributed by atoms with Crippen molar-refractivity contribution in [3.63, 3.8) is 0 Å². The van der Waals surface area contributed by atoms with Gasteiger partial charge in [0.05, 0.1) is 18.6 Å². The Hall–Kier alpha value is -2.17. The Labute approximate surface area is 128 Å². The number of hydrogen-bond donors (Lipinski definition) is 0. The number of carbonyl (C=O) groups excluding carboxylic acids is 1. The van der Waals surface area contributed by atoms with E-state index in [1.165, 1.54) is 18.6 Å². The standard InChI is InChI=1S/C17H18FN3O/c18-14-6-4-12(5-7-14)9-20-10-15-8-19-11-21(15)16(17(20)22)13-2-1-3-13/h4-8,11,13,16H,1-3,9-10H2. The maximum atomic E-state index is 13.0. The van der Waals surface area contributed by atoms with E-state index in [0.29, 0.717) is 19.0 Å². The second-order valence-electron chi connectivity index (χ2n) is 6.25. The van der Waals surface area contributed by atoms with Crippen molar-refractivity contribution in [3.05, 3.63) is 53.9 Å². The predicted molar refractivity (Wildman–Crippen MR) is 79.3 cm³/mol. The molecule has 1 aromatic carbocycles. The summed E-state index contributed by atoms with van der Waals surface area (Å²) in [6.45, 7) is 1.09. The highest BCUT2D eigenvalue weighted by atomic mass is 19.1. The molecular formula is C17H18FN3O. The van der Waals surface area contributed by atoms with Gasteiger partial charge in [-0.15, -0.1) is 0 Å². The fourth-order valence-corrected chi connectivity index (χ4v) is 3.41. The van der Waals surface area contributed by atoms with Gasteiger partial charge in [0.15, 0.2) is 0 Å². The molecule has 4 nitrogen and oxygen atoms in total. The lowest BCUT2D eigenvalue weighted by atomic mass is 9.78. The Kier molecular flexibility index (Phi) is 3.21.